The summed E-state index contributed by atoms with van der Waals surface area (Å²) in [4.78, 5) is 4.08. The standard InChI is InChI=1S/C20H16FN5/c21-17-5-3-15(4-6-17)19-20(16-9-11-23-12-10-16)26(25-24-19)18-7-1-14(13-22)2-8-18/h1-12H,13,22H2. The summed E-state index contributed by atoms with van der Waals surface area (Å²) in [5, 5.41) is 8.70. The fraction of sp³-hybridized carbons (Fsp3) is 0.0500. The molecule has 4 aromatic rings. The van der Waals surface area contributed by atoms with Gasteiger partial charge in [-0.05, 0) is 54.1 Å². The molecular weight excluding hydrogens is 329 g/mol. The smallest absolute Gasteiger partial charge is 0.123 e. The van der Waals surface area contributed by atoms with E-state index in [2.05, 4.69) is 15.3 Å². The van der Waals surface area contributed by atoms with E-state index in [9.17, 15) is 4.39 Å². The summed E-state index contributed by atoms with van der Waals surface area (Å²) in [7, 11) is 0. The van der Waals surface area contributed by atoms with E-state index in [0.29, 0.717) is 12.2 Å². The van der Waals surface area contributed by atoms with E-state index in [-0.39, 0.29) is 5.82 Å². The third kappa shape index (κ3) is 2.98. The van der Waals surface area contributed by atoms with Gasteiger partial charge in [0.15, 0.2) is 0 Å². The van der Waals surface area contributed by atoms with Gasteiger partial charge in [0.1, 0.15) is 17.2 Å². The van der Waals surface area contributed by atoms with Crippen LogP contribution in [0.1, 0.15) is 5.56 Å². The summed E-state index contributed by atoms with van der Waals surface area (Å²) in [6, 6.07) is 17.9. The molecule has 2 N–H and O–H groups in total. The molecule has 4 rings (SSSR count). The Morgan fingerprint density at radius 2 is 1.54 bits per heavy atom. The lowest BCUT2D eigenvalue weighted by atomic mass is 10.1. The van der Waals surface area contributed by atoms with Crippen molar-refractivity contribution in [1.29, 1.82) is 0 Å². The maximum Gasteiger partial charge on any atom is 0.123 e. The lowest BCUT2D eigenvalue weighted by Crippen LogP contribution is -2.01. The van der Waals surface area contributed by atoms with Crippen molar-refractivity contribution in [3.05, 3.63) is 84.4 Å². The van der Waals surface area contributed by atoms with Gasteiger partial charge in [-0.3, -0.25) is 4.98 Å². The highest BCUT2D eigenvalue weighted by atomic mass is 19.1. The molecule has 2 aromatic heterocycles. The second-order valence-electron chi connectivity index (χ2n) is 5.81. The SMILES string of the molecule is NCc1ccc(-n2nnc(-c3ccc(F)cc3)c2-c2ccncc2)cc1. The van der Waals surface area contributed by atoms with Crippen molar-refractivity contribution in [2.45, 2.75) is 6.54 Å². The molecule has 0 aliphatic carbocycles. The Hall–Kier alpha value is -3.38. The van der Waals surface area contributed by atoms with Gasteiger partial charge in [-0.15, -0.1) is 5.10 Å². The van der Waals surface area contributed by atoms with E-state index in [4.69, 9.17) is 5.73 Å². The van der Waals surface area contributed by atoms with E-state index in [1.165, 1.54) is 12.1 Å². The predicted molar refractivity (Wildman–Crippen MR) is 97.9 cm³/mol. The molecule has 0 spiro atoms. The molecule has 0 amide bonds. The number of rotatable bonds is 4. The summed E-state index contributed by atoms with van der Waals surface area (Å²) in [5.41, 5.74) is 10.8. The Morgan fingerprint density at radius 3 is 2.19 bits per heavy atom. The monoisotopic (exact) mass is 345 g/mol. The maximum atomic E-state index is 13.3. The number of hydrogen-bond acceptors (Lipinski definition) is 4. The fourth-order valence-electron chi connectivity index (χ4n) is 2.81. The molecule has 26 heavy (non-hydrogen) atoms. The molecule has 0 aliphatic rings. The topological polar surface area (TPSA) is 69.6 Å². The number of nitrogens with two attached hydrogens (primary N) is 1. The van der Waals surface area contributed by atoms with Gasteiger partial charge in [-0.1, -0.05) is 17.3 Å². The second kappa shape index (κ2) is 6.85. The zero-order valence-corrected chi connectivity index (χ0v) is 13.9. The summed E-state index contributed by atoms with van der Waals surface area (Å²) in [6.07, 6.45) is 3.44. The van der Waals surface area contributed by atoms with E-state index >= 15 is 0 Å². The molecule has 0 fully saturated rings. The van der Waals surface area contributed by atoms with Crippen molar-refractivity contribution in [3.63, 3.8) is 0 Å². The number of halogens is 1. The number of benzene rings is 2. The predicted octanol–water partition coefficient (Wildman–Crippen LogP) is 3.59. The first-order valence-electron chi connectivity index (χ1n) is 8.17. The molecule has 2 aromatic carbocycles. The first-order chi connectivity index (χ1) is 12.8. The Labute approximate surface area is 149 Å². The van der Waals surface area contributed by atoms with Crippen LogP contribution < -0.4 is 5.73 Å². The van der Waals surface area contributed by atoms with Gasteiger partial charge in [0.2, 0.25) is 0 Å². The molecule has 0 aliphatic heterocycles. The quantitative estimate of drug-likeness (QED) is 0.614. The van der Waals surface area contributed by atoms with Crippen LogP contribution in [0.3, 0.4) is 0 Å². The Morgan fingerprint density at radius 1 is 0.846 bits per heavy atom. The zero-order valence-electron chi connectivity index (χ0n) is 13.9. The molecule has 0 radical (unpaired) electrons. The number of aromatic nitrogens is 4. The van der Waals surface area contributed by atoms with Gasteiger partial charge in [0, 0.05) is 30.1 Å². The van der Waals surface area contributed by atoms with E-state index in [0.717, 1.165) is 28.1 Å². The minimum atomic E-state index is -0.288. The van der Waals surface area contributed by atoms with E-state index < -0.39 is 0 Å². The van der Waals surface area contributed by atoms with Gasteiger partial charge < -0.3 is 5.73 Å². The van der Waals surface area contributed by atoms with E-state index in [1.54, 1.807) is 29.2 Å². The van der Waals surface area contributed by atoms with Gasteiger partial charge in [-0.2, -0.15) is 0 Å². The highest BCUT2D eigenvalue weighted by molar-refractivity contribution is 5.78. The van der Waals surface area contributed by atoms with Crippen LogP contribution in [0.25, 0.3) is 28.2 Å². The third-order valence-electron chi connectivity index (χ3n) is 4.16. The molecule has 5 nitrogen and oxygen atoms in total. The first-order valence-corrected chi connectivity index (χ1v) is 8.17. The Kier molecular flexibility index (Phi) is 4.25. The molecule has 0 bridgehead atoms. The van der Waals surface area contributed by atoms with Crippen LogP contribution in [0.4, 0.5) is 4.39 Å². The van der Waals surface area contributed by atoms with Crippen LogP contribution in [0.2, 0.25) is 0 Å². The van der Waals surface area contributed by atoms with Crippen molar-refractivity contribution >= 4 is 0 Å². The molecule has 0 saturated carbocycles. The van der Waals surface area contributed by atoms with Crippen molar-refractivity contribution in [1.82, 2.24) is 20.0 Å². The lowest BCUT2D eigenvalue weighted by molar-refractivity contribution is 0.628. The average molecular weight is 345 g/mol. The molecule has 2 heterocycles. The minimum Gasteiger partial charge on any atom is -0.326 e. The highest BCUT2D eigenvalue weighted by Crippen LogP contribution is 2.31. The van der Waals surface area contributed by atoms with Gasteiger partial charge in [0.25, 0.3) is 0 Å². The Balaban J connectivity index is 1.90. The summed E-state index contributed by atoms with van der Waals surface area (Å²) < 4.78 is 15.1. The summed E-state index contributed by atoms with van der Waals surface area (Å²) >= 11 is 0. The highest BCUT2D eigenvalue weighted by Gasteiger charge is 2.18. The van der Waals surface area contributed by atoms with Crippen LogP contribution in [-0.4, -0.2) is 20.0 Å². The van der Waals surface area contributed by atoms with Crippen molar-refractivity contribution in [3.8, 4) is 28.2 Å². The zero-order chi connectivity index (χ0) is 17.9. The largest absolute Gasteiger partial charge is 0.326 e. The normalized spacial score (nSPS) is 10.8. The van der Waals surface area contributed by atoms with Crippen molar-refractivity contribution in [2.24, 2.45) is 5.73 Å². The van der Waals surface area contributed by atoms with Crippen LogP contribution >= 0.6 is 0 Å². The molecule has 0 saturated heterocycles. The third-order valence-corrected chi connectivity index (χ3v) is 4.16. The second-order valence-corrected chi connectivity index (χ2v) is 5.81. The maximum absolute atomic E-state index is 13.3. The van der Waals surface area contributed by atoms with Gasteiger partial charge in [-0.25, -0.2) is 9.07 Å². The average Bonchev–Trinajstić information content (AvgIpc) is 3.14. The van der Waals surface area contributed by atoms with Crippen molar-refractivity contribution < 1.29 is 4.39 Å². The van der Waals surface area contributed by atoms with Gasteiger partial charge in [0.05, 0.1) is 5.69 Å². The van der Waals surface area contributed by atoms with Crippen molar-refractivity contribution in [2.75, 3.05) is 0 Å². The summed E-state index contributed by atoms with van der Waals surface area (Å²) in [6.45, 7) is 0.482. The van der Waals surface area contributed by atoms with Crippen LogP contribution in [0.5, 0.6) is 0 Å². The number of hydrogen-bond donors (Lipinski definition) is 1. The molecule has 128 valence electrons. The van der Waals surface area contributed by atoms with Crippen LogP contribution in [-0.2, 0) is 6.54 Å². The number of pyridine rings is 1. The van der Waals surface area contributed by atoms with Crippen LogP contribution in [0, 0.1) is 5.82 Å². The Bertz CT molecular complexity index is 1010. The fourth-order valence-corrected chi connectivity index (χ4v) is 2.81. The first kappa shape index (κ1) is 16.1. The lowest BCUT2D eigenvalue weighted by Gasteiger charge is -2.09. The summed E-state index contributed by atoms with van der Waals surface area (Å²) in [5.74, 6) is -0.288. The van der Waals surface area contributed by atoms with Crippen LogP contribution in [0.15, 0.2) is 73.1 Å². The number of nitrogens with zero attached hydrogens (tertiary/aromatic N) is 4. The van der Waals surface area contributed by atoms with Gasteiger partial charge >= 0.3 is 0 Å². The molecule has 0 atom stereocenters. The molecule has 6 heteroatoms. The molecular formula is C20H16FN5. The minimum absolute atomic E-state index is 0.288. The molecule has 0 unspecified atom stereocenters. The van der Waals surface area contributed by atoms with E-state index in [1.807, 2.05) is 36.4 Å².